The molecule has 0 bridgehead atoms. The minimum Gasteiger partial charge on any atom is -0.452 e. The van der Waals surface area contributed by atoms with E-state index in [4.69, 9.17) is 4.74 Å². The lowest BCUT2D eigenvalue weighted by molar-refractivity contribution is -0.119. The van der Waals surface area contributed by atoms with Crippen molar-refractivity contribution in [2.45, 2.75) is 0 Å². The number of amides is 1. The van der Waals surface area contributed by atoms with Crippen molar-refractivity contribution in [1.82, 2.24) is 0 Å². The summed E-state index contributed by atoms with van der Waals surface area (Å²) in [5.74, 6) is -2.92. The summed E-state index contributed by atoms with van der Waals surface area (Å²) in [6, 6.07) is 15.2. The van der Waals surface area contributed by atoms with E-state index in [1.807, 2.05) is 24.3 Å². The molecule has 0 radical (unpaired) electrons. The van der Waals surface area contributed by atoms with Gasteiger partial charge in [0.05, 0.1) is 11.3 Å². The van der Waals surface area contributed by atoms with E-state index in [9.17, 15) is 18.4 Å². The van der Waals surface area contributed by atoms with Crippen molar-refractivity contribution in [3.8, 4) is 0 Å². The number of hydrogen-bond donors (Lipinski definition) is 1. The Labute approximate surface area is 142 Å². The minimum atomic E-state index is -0.782. The fourth-order valence-corrected chi connectivity index (χ4v) is 2.31. The Bertz CT molecular complexity index is 956. The fraction of sp³-hybridized carbons (Fsp3) is 0.0526. The van der Waals surface area contributed by atoms with Crippen molar-refractivity contribution in [1.29, 1.82) is 0 Å². The molecule has 0 saturated heterocycles. The number of carbonyl (C=O) groups excluding carboxylic acids is 2. The van der Waals surface area contributed by atoms with Crippen molar-refractivity contribution in [2.24, 2.45) is 0 Å². The monoisotopic (exact) mass is 341 g/mol. The van der Waals surface area contributed by atoms with Gasteiger partial charge in [-0.25, -0.2) is 13.6 Å². The zero-order valence-electron chi connectivity index (χ0n) is 13.0. The average molecular weight is 341 g/mol. The number of benzene rings is 3. The number of esters is 1. The number of anilines is 1. The molecule has 0 aliphatic carbocycles. The molecule has 0 fully saturated rings. The zero-order valence-corrected chi connectivity index (χ0v) is 13.0. The van der Waals surface area contributed by atoms with Crippen LogP contribution in [-0.4, -0.2) is 18.5 Å². The fourth-order valence-electron chi connectivity index (χ4n) is 2.31. The van der Waals surface area contributed by atoms with Gasteiger partial charge in [0.25, 0.3) is 5.91 Å². The van der Waals surface area contributed by atoms with Gasteiger partial charge in [-0.05, 0) is 35.0 Å². The van der Waals surface area contributed by atoms with Crippen LogP contribution in [0.3, 0.4) is 0 Å². The van der Waals surface area contributed by atoms with Gasteiger partial charge in [-0.1, -0.05) is 30.3 Å². The summed E-state index contributed by atoms with van der Waals surface area (Å²) in [5, 5.41) is 3.99. The first-order valence-corrected chi connectivity index (χ1v) is 7.44. The summed E-state index contributed by atoms with van der Waals surface area (Å²) in [5.41, 5.74) is -0.0183. The molecule has 0 aromatic heterocycles. The molecule has 6 heteroatoms. The van der Waals surface area contributed by atoms with Gasteiger partial charge in [-0.3, -0.25) is 4.79 Å². The molecule has 3 rings (SSSR count). The highest BCUT2D eigenvalue weighted by Gasteiger charge is 2.13. The van der Waals surface area contributed by atoms with E-state index in [1.54, 1.807) is 18.2 Å². The van der Waals surface area contributed by atoms with Crippen LogP contribution in [0.4, 0.5) is 14.5 Å². The molecule has 3 aromatic carbocycles. The number of carbonyl (C=O) groups is 2. The van der Waals surface area contributed by atoms with E-state index in [0.29, 0.717) is 5.56 Å². The molecule has 1 amide bonds. The van der Waals surface area contributed by atoms with Crippen LogP contribution < -0.4 is 5.32 Å². The first-order valence-electron chi connectivity index (χ1n) is 7.44. The smallest absolute Gasteiger partial charge is 0.338 e. The lowest BCUT2D eigenvalue weighted by Gasteiger charge is -2.08. The zero-order chi connectivity index (χ0) is 17.8. The highest BCUT2D eigenvalue weighted by atomic mass is 19.1. The van der Waals surface area contributed by atoms with Crippen LogP contribution in [0.2, 0.25) is 0 Å². The van der Waals surface area contributed by atoms with E-state index in [2.05, 4.69) is 5.32 Å². The summed E-state index contributed by atoms with van der Waals surface area (Å²) in [7, 11) is 0. The van der Waals surface area contributed by atoms with Crippen LogP contribution in [0.25, 0.3) is 10.8 Å². The quantitative estimate of drug-likeness (QED) is 0.732. The van der Waals surface area contributed by atoms with Crippen molar-refractivity contribution in [3.05, 3.63) is 77.9 Å². The van der Waals surface area contributed by atoms with E-state index in [1.165, 1.54) is 0 Å². The van der Waals surface area contributed by atoms with Gasteiger partial charge in [-0.15, -0.1) is 0 Å². The van der Waals surface area contributed by atoms with Crippen molar-refractivity contribution >= 4 is 28.3 Å². The molecule has 0 unspecified atom stereocenters. The SMILES string of the molecule is O=C(COC(=O)c1ccc2ccccc2c1)Nc1cc(F)ccc1F. The normalized spacial score (nSPS) is 10.5. The highest BCUT2D eigenvalue weighted by molar-refractivity contribution is 5.98. The Morgan fingerprint density at radius 3 is 2.48 bits per heavy atom. The van der Waals surface area contributed by atoms with Crippen molar-refractivity contribution in [3.63, 3.8) is 0 Å². The molecule has 4 nitrogen and oxygen atoms in total. The Hall–Kier alpha value is -3.28. The van der Waals surface area contributed by atoms with Crippen LogP contribution in [0, 0.1) is 11.6 Å². The van der Waals surface area contributed by atoms with Gasteiger partial charge in [0.15, 0.2) is 6.61 Å². The summed E-state index contributed by atoms with van der Waals surface area (Å²) in [6.07, 6.45) is 0. The maximum Gasteiger partial charge on any atom is 0.338 e. The largest absolute Gasteiger partial charge is 0.452 e. The Morgan fingerprint density at radius 1 is 0.920 bits per heavy atom. The summed E-state index contributed by atoms with van der Waals surface area (Å²) in [4.78, 5) is 23.8. The maximum atomic E-state index is 13.5. The third-order valence-electron chi connectivity index (χ3n) is 3.52. The van der Waals surface area contributed by atoms with Crippen molar-refractivity contribution in [2.75, 3.05) is 11.9 Å². The molecule has 0 aliphatic rings. The second-order valence-electron chi connectivity index (χ2n) is 5.31. The molecule has 3 aromatic rings. The average Bonchev–Trinajstić information content (AvgIpc) is 2.62. The molecule has 0 aliphatic heterocycles. The molecule has 0 saturated carbocycles. The van der Waals surface area contributed by atoms with Crippen molar-refractivity contribution < 1.29 is 23.1 Å². The molecule has 25 heavy (non-hydrogen) atoms. The summed E-state index contributed by atoms with van der Waals surface area (Å²) >= 11 is 0. The predicted molar refractivity (Wildman–Crippen MR) is 89.2 cm³/mol. The van der Waals surface area contributed by atoms with Crippen LogP contribution >= 0.6 is 0 Å². The predicted octanol–water partition coefficient (Wildman–Crippen LogP) is 3.91. The van der Waals surface area contributed by atoms with Gasteiger partial charge < -0.3 is 10.1 Å². The third-order valence-corrected chi connectivity index (χ3v) is 3.52. The lowest BCUT2D eigenvalue weighted by atomic mass is 10.1. The Kier molecular flexibility index (Phi) is 4.70. The molecule has 0 spiro atoms. The van der Waals surface area contributed by atoms with Crippen LogP contribution in [-0.2, 0) is 9.53 Å². The first-order chi connectivity index (χ1) is 12.0. The third kappa shape index (κ3) is 3.98. The van der Waals surface area contributed by atoms with Crippen LogP contribution in [0.1, 0.15) is 10.4 Å². The highest BCUT2D eigenvalue weighted by Crippen LogP contribution is 2.17. The molecule has 1 N–H and O–H groups in total. The standard InChI is InChI=1S/C19H13F2NO3/c20-15-7-8-16(21)17(10-15)22-18(23)11-25-19(24)14-6-5-12-3-1-2-4-13(12)9-14/h1-10H,11H2,(H,22,23). The molecular weight excluding hydrogens is 328 g/mol. The second kappa shape index (κ2) is 7.09. The van der Waals surface area contributed by atoms with E-state index >= 15 is 0 Å². The van der Waals surface area contributed by atoms with E-state index in [0.717, 1.165) is 29.0 Å². The molecule has 0 heterocycles. The number of hydrogen-bond acceptors (Lipinski definition) is 3. The minimum absolute atomic E-state index is 0.295. The molecule has 0 atom stereocenters. The number of halogens is 2. The lowest BCUT2D eigenvalue weighted by Crippen LogP contribution is -2.21. The summed E-state index contributed by atoms with van der Waals surface area (Å²) < 4.78 is 31.4. The van der Waals surface area contributed by atoms with E-state index in [-0.39, 0.29) is 5.69 Å². The van der Waals surface area contributed by atoms with Gasteiger partial charge in [0.1, 0.15) is 11.6 Å². The van der Waals surface area contributed by atoms with E-state index < -0.39 is 30.1 Å². The van der Waals surface area contributed by atoms with Crippen LogP contribution in [0.5, 0.6) is 0 Å². The van der Waals surface area contributed by atoms with Crippen LogP contribution in [0.15, 0.2) is 60.7 Å². The van der Waals surface area contributed by atoms with Gasteiger partial charge in [0.2, 0.25) is 0 Å². The topological polar surface area (TPSA) is 55.4 Å². The first kappa shape index (κ1) is 16.6. The van der Waals surface area contributed by atoms with Gasteiger partial charge in [0, 0.05) is 6.07 Å². The number of rotatable bonds is 4. The number of fused-ring (bicyclic) bond motifs is 1. The second-order valence-corrected chi connectivity index (χ2v) is 5.31. The van der Waals surface area contributed by atoms with Gasteiger partial charge in [-0.2, -0.15) is 0 Å². The number of ether oxygens (including phenoxy) is 1. The molecule has 126 valence electrons. The Balaban J connectivity index is 1.62. The number of nitrogens with one attached hydrogen (secondary N) is 1. The summed E-state index contributed by atoms with van der Waals surface area (Å²) in [6.45, 7) is -0.610. The maximum absolute atomic E-state index is 13.5. The van der Waals surface area contributed by atoms with Gasteiger partial charge >= 0.3 is 5.97 Å². The Morgan fingerprint density at radius 2 is 1.68 bits per heavy atom. The molecular formula is C19H13F2NO3.